The number of nitrogens with one attached hydrogen (secondary N) is 2. The Bertz CT molecular complexity index is 780. The van der Waals surface area contributed by atoms with Gasteiger partial charge in [0.05, 0.1) is 4.92 Å². The topological polar surface area (TPSA) is 79.6 Å². The fourth-order valence-corrected chi connectivity index (χ4v) is 3.82. The highest BCUT2D eigenvalue weighted by atomic mass is 127. The molecule has 8 heteroatoms. The van der Waals surface area contributed by atoms with Gasteiger partial charge in [-0.3, -0.25) is 15.1 Å². The van der Waals surface area contributed by atoms with Crippen molar-refractivity contribution < 1.29 is 4.92 Å². The van der Waals surface area contributed by atoms with Gasteiger partial charge in [-0.1, -0.05) is 30.3 Å². The van der Waals surface area contributed by atoms with Crippen LogP contribution in [0.2, 0.25) is 0 Å². The molecule has 0 amide bonds. The fourth-order valence-electron chi connectivity index (χ4n) is 2.58. The van der Waals surface area contributed by atoms with E-state index in [0.717, 1.165) is 18.1 Å². The number of nitro benzene ring substituents is 1. The molecule has 0 atom stereocenters. The maximum atomic E-state index is 10.7. The van der Waals surface area contributed by atoms with E-state index in [1.165, 1.54) is 29.9 Å². The number of thioether (sulfide) groups is 1. The maximum Gasteiger partial charge on any atom is 0.269 e. The molecule has 2 aromatic carbocycles. The van der Waals surface area contributed by atoms with Gasteiger partial charge in [0.1, 0.15) is 0 Å². The Morgan fingerprint density at radius 2 is 1.81 bits per heavy atom. The lowest BCUT2D eigenvalue weighted by atomic mass is 10.2. The maximum absolute atomic E-state index is 10.7. The zero-order chi connectivity index (χ0) is 18.4. The molecule has 1 saturated carbocycles. The lowest BCUT2D eigenvalue weighted by Gasteiger charge is -2.18. The van der Waals surface area contributed by atoms with E-state index >= 15 is 0 Å². The molecule has 0 bridgehead atoms. The van der Waals surface area contributed by atoms with E-state index in [-0.39, 0.29) is 34.4 Å². The molecular weight excluding hydrogens is 475 g/mol. The van der Waals surface area contributed by atoms with E-state index in [2.05, 4.69) is 39.9 Å². The molecule has 0 radical (unpaired) electrons. The second-order valence-corrected chi connectivity index (χ2v) is 7.84. The van der Waals surface area contributed by atoms with Crippen LogP contribution in [0.3, 0.4) is 0 Å². The van der Waals surface area contributed by atoms with Crippen molar-refractivity contribution >= 4 is 47.4 Å². The molecule has 144 valence electrons. The van der Waals surface area contributed by atoms with Gasteiger partial charge in [-0.25, -0.2) is 0 Å². The summed E-state index contributed by atoms with van der Waals surface area (Å²) >= 11 is 1.92. The third-order valence-corrected chi connectivity index (χ3v) is 5.79. The van der Waals surface area contributed by atoms with Crippen LogP contribution >= 0.6 is 35.7 Å². The Hall–Kier alpha value is -1.81. The number of halogens is 1. The van der Waals surface area contributed by atoms with Crippen LogP contribution in [0.1, 0.15) is 18.4 Å². The molecule has 6 nitrogen and oxygen atoms in total. The van der Waals surface area contributed by atoms with Crippen LogP contribution in [0, 0.1) is 10.1 Å². The summed E-state index contributed by atoms with van der Waals surface area (Å²) in [6.45, 7) is 1.42. The lowest BCUT2D eigenvalue weighted by Crippen LogP contribution is -2.40. The summed E-state index contributed by atoms with van der Waals surface area (Å²) in [6.07, 6.45) is 2.39. The van der Waals surface area contributed by atoms with Crippen molar-refractivity contribution in [1.29, 1.82) is 0 Å². The second-order valence-electron chi connectivity index (χ2n) is 6.30. The van der Waals surface area contributed by atoms with Crippen LogP contribution < -0.4 is 10.6 Å². The van der Waals surface area contributed by atoms with Crippen molar-refractivity contribution in [2.24, 2.45) is 4.99 Å². The minimum atomic E-state index is -0.392. The van der Waals surface area contributed by atoms with E-state index in [1.54, 1.807) is 19.2 Å². The fraction of sp³-hybridized carbons (Fsp3) is 0.316. The number of guanidine groups is 1. The van der Waals surface area contributed by atoms with Crippen molar-refractivity contribution in [3.8, 4) is 0 Å². The quantitative estimate of drug-likeness (QED) is 0.197. The number of nitro groups is 1. The number of hydrogen-bond acceptors (Lipinski definition) is 4. The van der Waals surface area contributed by atoms with Crippen molar-refractivity contribution in [2.45, 2.75) is 29.0 Å². The average molecular weight is 498 g/mol. The van der Waals surface area contributed by atoms with Crippen LogP contribution in [-0.2, 0) is 6.54 Å². The number of hydrogen-bond donors (Lipinski definition) is 2. The number of nitrogens with zero attached hydrogens (tertiary/aromatic N) is 2. The molecule has 1 fully saturated rings. The predicted molar refractivity (Wildman–Crippen MR) is 121 cm³/mol. The van der Waals surface area contributed by atoms with E-state index < -0.39 is 4.92 Å². The van der Waals surface area contributed by atoms with E-state index in [4.69, 9.17) is 0 Å². The predicted octanol–water partition coefficient (Wildman–Crippen LogP) is 4.20. The lowest BCUT2D eigenvalue weighted by molar-refractivity contribution is -0.384. The van der Waals surface area contributed by atoms with Gasteiger partial charge in [0.25, 0.3) is 5.69 Å². The summed E-state index contributed by atoms with van der Waals surface area (Å²) in [5, 5.41) is 17.4. The summed E-state index contributed by atoms with van der Waals surface area (Å²) < 4.78 is 0.242. The summed E-state index contributed by atoms with van der Waals surface area (Å²) in [4.78, 5) is 15.9. The molecule has 0 spiro atoms. The molecule has 0 saturated heterocycles. The first-order valence-electron chi connectivity index (χ1n) is 8.52. The van der Waals surface area contributed by atoms with E-state index in [9.17, 15) is 10.1 Å². The monoisotopic (exact) mass is 498 g/mol. The third kappa shape index (κ3) is 6.39. The standard InChI is InChI=1S/C19H22N4O2S.HI/c1-20-18(21-13-15-7-9-16(10-8-15)23(24)25)22-14-19(11-12-19)26-17-5-3-2-4-6-17;/h2-10H,11-14H2,1H3,(H2,20,21,22);1H. The van der Waals surface area contributed by atoms with E-state index in [1.807, 2.05) is 17.8 Å². The molecule has 0 aromatic heterocycles. The van der Waals surface area contributed by atoms with Crippen molar-refractivity contribution in [1.82, 2.24) is 10.6 Å². The van der Waals surface area contributed by atoms with Crippen LogP contribution in [-0.4, -0.2) is 29.2 Å². The highest BCUT2D eigenvalue weighted by Crippen LogP contribution is 2.51. The SMILES string of the molecule is CN=C(NCc1ccc([N+](=O)[O-])cc1)NCC1(Sc2ccccc2)CC1.I. The zero-order valence-electron chi connectivity index (χ0n) is 15.1. The molecule has 0 aliphatic heterocycles. The minimum absolute atomic E-state index is 0. The summed E-state index contributed by atoms with van der Waals surface area (Å²) in [7, 11) is 1.75. The van der Waals surface area contributed by atoms with Crippen molar-refractivity contribution in [2.75, 3.05) is 13.6 Å². The van der Waals surface area contributed by atoms with Gasteiger partial charge in [-0.15, -0.1) is 35.7 Å². The van der Waals surface area contributed by atoms with Crippen molar-refractivity contribution in [3.63, 3.8) is 0 Å². The first kappa shape index (κ1) is 21.5. The normalized spacial score (nSPS) is 14.8. The van der Waals surface area contributed by atoms with Gasteiger partial charge in [0.15, 0.2) is 5.96 Å². The smallest absolute Gasteiger partial charge is 0.269 e. The Labute approximate surface area is 180 Å². The first-order valence-corrected chi connectivity index (χ1v) is 9.34. The number of aliphatic imine (C=N–C) groups is 1. The Morgan fingerprint density at radius 3 is 2.37 bits per heavy atom. The minimum Gasteiger partial charge on any atom is -0.355 e. The van der Waals surface area contributed by atoms with Crippen LogP contribution in [0.15, 0.2) is 64.5 Å². The largest absolute Gasteiger partial charge is 0.355 e. The molecule has 2 N–H and O–H groups in total. The van der Waals surface area contributed by atoms with E-state index in [0.29, 0.717) is 6.54 Å². The number of rotatable bonds is 7. The summed E-state index contributed by atoms with van der Waals surface area (Å²) in [5.74, 6) is 0.739. The second kappa shape index (κ2) is 9.93. The zero-order valence-corrected chi connectivity index (χ0v) is 18.2. The van der Waals surface area contributed by atoms with Crippen LogP contribution in [0.5, 0.6) is 0 Å². The van der Waals surface area contributed by atoms with Crippen LogP contribution in [0.4, 0.5) is 5.69 Å². The van der Waals surface area contributed by atoms with Gasteiger partial charge in [0.2, 0.25) is 0 Å². The molecular formula is C19H23IN4O2S. The molecule has 0 heterocycles. The molecule has 2 aromatic rings. The Balaban J connectivity index is 0.00000261. The number of non-ortho nitro benzene ring substituents is 1. The molecule has 0 unspecified atom stereocenters. The third-order valence-electron chi connectivity index (χ3n) is 4.29. The average Bonchev–Trinajstić information content (AvgIpc) is 3.42. The first-order chi connectivity index (χ1) is 12.6. The summed E-state index contributed by atoms with van der Waals surface area (Å²) in [5.41, 5.74) is 1.07. The van der Waals surface area contributed by atoms with Gasteiger partial charge >= 0.3 is 0 Å². The van der Waals surface area contributed by atoms with Crippen LogP contribution in [0.25, 0.3) is 0 Å². The highest BCUT2D eigenvalue weighted by molar-refractivity contribution is 14.0. The van der Waals surface area contributed by atoms with Gasteiger partial charge < -0.3 is 10.6 Å². The Kier molecular flexibility index (Phi) is 7.91. The van der Waals surface area contributed by atoms with Gasteiger partial charge in [0, 0.05) is 41.9 Å². The Morgan fingerprint density at radius 1 is 1.15 bits per heavy atom. The summed E-state index contributed by atoms with van der Waals surface area (Å²) in [6, 6.07) is 17.0. The molecule has 1 aliphatic rings. The number of benzene rings is 2. The van der Waals surface area contributed by atoms with Gasteiger partial charge in [-0.2, -0.15) is 0 Å². The molecule has 1 aliphatic carbocycles. The highest BCUT2D eigenvalue weighted by Gasteiger charge is 2.43. The van der Waals surface area contributed by atoms with Crippen molar-refractivity contribution in [3.05, 3.63) is 70.3 Å². The molecule has 27 heavy (non-hydrogen) atoms. The van der Waals surface area contributed by atoms with Gasteiger partial charge in [-0.05, 0) is 30.5 Å². The molecule has 3 rings (SSSR count).